The Balaban J connectivity index is 0.000000675. The molecule has 1 atom stereocenters. The van der Waals surface area contributed by atoms with Crippen molar-refractivity contribution in [1.82, 2.24) is 5.32 Å². The van der Waals surface area contributed by atoms with Crippen LogP contribution in [-0.2, 0) is 6.42 Å². The number of unbranched alkanes of at least 4 members (excludes halogenated alkanes) is 4. The van der Waals surface area contributed by atoms with Gasteiger partial charge in [0.2, 0.25) is 0 Å². The highest BCUT2D eigenvalue weighted by Crippen LogP contribution is 2.20. The minimum atomic E-state index is 0.254. The number of hydrogen-bond acceptors (Lipinski definition) is 2. The molecule has 0 aliphatic heterocycles. The summed E-state index contributed by atoms with van der Waals surface area (Å²) in [4.78, 5) is 4.83. The van der Waals surface area contributed by atoms with Crippen molar-refractivity contribution in [3.05, 3.63) is 95.8 Å². The second-order valence-corrected chi connectivity index (χ2v) is 8.38. The number of rotatable bonds is 13. The van der Waals surface area contributed by atoms with E-state index in [0.717, 1.165) is 36.4 Å². The zero-order valence-corrected chi connectivity index (χ0v) is 21.7. The average molecular weight is 447 g/mol. The summed E-state index contributed by atoms with van der Waals surface area (Å²) in [5, 5.41) is 3.60. The first kappa shape index (κ1) is 28.4. The van der Waals surface area contributed by atoms with Crippen LogP contribution in [0.15, 0.2) is 84.1 Å². The third kappa shape index (κ3) is 11.2. The summed E-state index contributed by atoms with van der Waals surface area (Å²) in [6.07, 6.45) is 14.1. The van der Waals surface area contributed by atoms with Gasteiger partial charge < -0.3 is 5.32 Å². The highest BCUT2D eigenvalue weighted by Gasteiger charge is 2.11. The Morgan fingerprint density at radius 1 is 0.879 bits per heavy atom. The quantitative estimate of drug-likeness (QED) is 0.241. The van der Waals surface area contributed by atoms with Gasteiger partial charge in [-0.05, 0) is 43.0 Å². The fourth-order valence-electron chi connectivity index (χ4n) is 3.60. The molecule has 2 heteroatoms. The van der Waals surface area contributed by atoms with Gasteiger partial charge in [0.05, 0.1) is 11.8 Å². The van der Waals surface area contributed by atoms with Crippen LogP contribution >= 0.6 is 0 Å². The average Bonchev–Trinajstić information content (AvgIpc) is 2.87. The number of aryl methyl sites for hydroxylation is 1. The third-order valence-corrected chi connectivity index (χ3v) is 5.67. The van der Waals surface area contributed by atoms with Gasteiger partial charge >= 0.3 is 0 Å². The predicted molar refractivity (Wildman–Crippen MR) is 148 cm³/mol. The van der Waals surface area contributed by atoms with E-state index in [9.17, 15) is 0 Å². The lowest BCUT2D eigenvalue weighted by atomic mass is 10.0. The van der Waals surface area contributed by atoms with Crippen molar-refractivity contribution in [1.29, 1.82) is 0 Å². The molecule has 0 saturated heterocycles. The number of allylic oxidation sites excluding steroid dienone is 2. The smallest absolute Gasteiger partial charge is 0.122 e. The van der Waals surface area contributed by atoms with Crippen LogP contribution in [0.4, 0.5) is 0 Å². The van der Waals surface area contributed by atoms with Crippen molar-refractivity contribution in [2.24, 2.45) is 4.99 Å². The molecule has 2 rings (SSSR count). The lowest BCUT2D eigenvalue weighted by Crippen LogP contribution is -2.20. The first-order valence-corrected chi connectivity index (χ1v) is 12.9. The Hall–Kier alpha value is -2.61. The van der Waals surface area contributed by atoms with Gasteiger partial charge in [-0.3, -0.25) is 0 Å². The number of nitrogens with zero attached hydrogens (tertiary/aromatic N) is 1. The van der Waals surface area contributed by atoms with Crippen LogP contribution in [0.25, 0.3) is 0 Å². The predicted octanol–water partition coefficient (Wildman–Crippen LogP) is 9.19. The summed E-state index contributed by atoms with van der Waals surface area (Å²) >= 11 is 0. The summed E-state index contributed by atoms with van der Waals surface area (Å²) in [5.74, 6) is 0.877. The summed E-state index contributed by atoms with van der Waals surface area (Å²) < 4.78 is 0. The standard InChI is InChI=1S/C24H30N2.C7H16/c1-5-12-23(20-13-10-9-11-14-20)26-24(8-4)25-22(7-3)21-17-15-19(6-2)16-18-21;1-3-5-7-6-4-2/h7-11,13-18,23,26H,3,5-6,12H2,1-2,4H3;3-7H2,1-2H3/b24-8+,25-22+;. The number of aliphatic imine (C=N–C) groups is 1. The fraction of sp³-hybridized carbons (Fsp3) is 0.452. The molecule has 1 N–H and O–H groups in total. The molecule has 0 fully saturated rings. The van der Waals surface area contributed by atoms with Crippen molar-refractivity contribution < 1.29 is 0 Å². The van der Waals surface area contributed by atoms with Gasteiger partial charge in [0, 0.05) is 5.56 Å². The van der Waals surface area contributed by atoms with Crippen molar-refractivity contribution in [2.45, 2.75) is 92.0 Å². The molecule has 0 radical (unpaired) electrons. The van der Waals surface area contributed by atoms with Crippen LogP contribution in [0.1, 0.15) is 102 Å². The molecule has 0 aromatic heterocycles. The van der Waals surface area contributed by atoms with Gasteiger partial charge in [-0.15, -0.1) is 0 Å². The van der Waals surface area contributed by atoms with Crippen molar-refractivity contribution in [3.63, 3.8) is 0 Å². The van der Waals surface area contributed by atoms with E-state index < -0.39 is 0 Å². The molecule has 0 heterocycles. The van der Waals surface area contributed by atoms with E-state index in [1.165, 1.54) is 43.2 Å². The van der Waals surface area contributed by atoms with E-state index >= 15 is 0 Å². The van der Waals surface area contributed by atoms with E-state index in [0.29, 0.717) is 0 Å². The van der Waals surface area contributed by atoms with E-state index in [1.807, 2.05) is 19.1 Å². The Bertz CT molecular complexity index is 812. The Kier molecular flexibility index (Phi) is 15.4. The summed E-state index contributed by atoms with van der Waals surface area (Å²) in [5.41, 5.74) is 4.59. The van der Waals surface area contributed by atoms with Gasteiger partial charge in [0.1, 0.15) is 5.82 Å². The van der Waals surface area contributed by atoms with Crippen LogP contribution in [0, 0.1) is 0 Å². The Morgan fingerprint density at radius 3 is 2.00 bits per heavy atom. The second kappa shape index (κ2) is 17.9. The lowest BCUT2D eigenvalue weighted by Gasteiger charge is -2.20. The number of hydrogen-bond donors (Lipinski definition) is 1. The maximum atomic E-state index is 4.83. The van der Waals surface area contributed by atoms with Gasteiger partial charge in [0.25, 0.3) is 0 Å². The van der Waals surface area contributed by atoms with E-state index in [4.69, 9.17) is 4.99 Å². The SMILES string of the molecule is C=C/C(=N\C(=C/C)NC(CCC)c1ccccc1)c1ccc(CC)cc1.CCCCCCC. The molecule has 0 saturated carbocycles. The van der Waals surface area contributed by atoms with Crippen LogP contribution in [0.3, 0.4) is 0 Å². The molecule has 0 aliphatic rings. The first-order valence-electron chi connectivity index (χ1n) is 12.9. The Labute approximate surface area is 203 Å². The monoisotopic (exact) mass is 446 g/mol. The molecular formula is C31H46N2. The first-order chi connectivity index (χ1) is 16.1. The van der Waals surface area contributed by atoms with Crippen molar-refractivity contribution >= 4 is 5.71 Å². The third-order valence-electron chi connectivity index (χ3n) is 5.67. The molecule has 0 amide bonds. The lowest BCUT2D eigenvalue weighted by molar-refractivity contribution is 0.541. The zero-order valence-electron chi connectivity index (χ0n) is 21.7. The molecular weight excluding hydrogens is 400 g/mol. The maximum Gasteiger partial charge on any atom is 0.122 e. The van der Waals surface area contributed by atoms with E-state index in [-0.39, 0.29) is 6.04 Å². The van der Waals surface area contributed by atoms with E-state index in [2.05, 4.69) is 94.2 Å². The van der Waals surface area contributed by atoms with Crippen molar-refractivity contribution in [2.75, 3.05) is 0 Å². The van der Waals surface area contributed by atoms with Crippen LogP contribution in [-0.4, -0.2) is 5.71 Å². The highest BCUT2D eigenvalue weighted by atomic mass is 15.1. The van der Waals surface area contributed by atoms with Gasteiger partial charge in [0.15, 0.2) is 0 Å². The van der Waals surface area contributed by atoms with Crippen LogP contribution < -0.4 is 5.32 Å². The molecule has 180 valence electrons. The van der Waals surface area contributed by atoms with Gasteiger partial charge in [-0.2, -0.15) is 0 Å². The largest absolute Gasteiger partial charge is 0.364 e. The molecule has 33 heavy (non-hydrogen) atoms. The zero-order chi connectivity index (χ0) is 24.3. The number of nitrogens with one attached hydrogen (secondary N) is 1. The summed E-state index contributed by atoms with van der Waals surface area (Å²) in [6.45, 7) is 14.8. The van der Waals surface area contributed by atoms with E-state index in [1.54, 1.807) is 0 Å². The Morgan fingerprint density at radius 2 is 1.52 bits per heavy atom. The molecule has 1 unspecified atom stereocenters. The number of benzene rings is 2. The fourth-order valence-corrected chi connectivity index (χ4v) is 3.60. The van der Waals surface area contributed by atoms with Gasteiger partial charge in [-0.1, -0.05) is 127 Å². The second-order valence-electron chi connectivity index (χ2n) is 8.38. The summed E-state index contributed by atoms with van der Waals surface area (Å²) in [7, 11) is 0. The molecule has 2 aromatic carbocycles. The molecule has 2 nitrogen and oxygen atoms in total. The molecule has 0 spiro atoms. The summed E-state index contributed by atoms with van der Waals surface area (Å²) in [6, 6.07) is 19.4. The molecule has 2 aromatic rings. The minimum absolute atomic E-state index is 0.254. The van der Waals surface area contributed by atoms with Crippen molar-refractivity contribution in [3.8, 4) is 0 Å². The van der Waals surface area contributed by atoms with Gasteiger partial charge in [-0.25, -0.2) is 4.99 Å². The molecule has 0 bridgehead atoms. The highest BCUT2D eigenvalue weighted by molar-refractivity contribution is 6.08. The normalized spacial score (nSPS) is 12.5. The van der Waals surface area contributed by atoms with Crippen LogP contribution in [0.5, 0.6) is 0 Å². The molecule has 0 aliphatic carbocycles. The topological polar surface area (TPSA) is 24.4 Å². The maximum absolute atomic E-state index is 4.83. The minimum Gasteiger partial charge on any atom is -0.364 e. The van der Waals surface area contributed by atoms with Crippen LogP contribution in [0.2, 0.25) is 0 Å².